The monoisotopic (exact) mass is 233 g/mol. The van der Waals surface area contributed by atoms with Gasteiger partial charge in [0.15, 0.2) is 0 Å². The van der Waals surface area contributed by atoms with Crippen LogP contribution in [-0.2, 0) is 11.3 Å². The lowest BCUT2D eigenvalue weighted by Gasteiger charge is -2.22. The van der Waals surface area contributed by atoms with Crippen LogP contribution in [-0.4, -0.2) is 28.6 Å². The first kappa shape index (κ1) is 12.1. The van der Waals surface area contributed by atoms with E-state index in [1.807, 2.05) is 6.07 Å². The lowest BCUT2D eigenvalue weighted by atomic mass is 10.0. The summed E-state index contributed by atoms with van der Waals surface area (Å²) >= 11 is 0. The molecule has 0 spiro atoms. The predicted molar refractivity (Wildman–Crippen MR) is 67.0 cm³/mol. The molecule has 1 fully saturated rings. The van der Waals surface area contributed by atoms with Crippen LogP contribution in [0.3, 0.4) is 0 Å². The minimum Gasteiger partial charge on any atom is -0.480 e. The van der Waals surface area contributed by atoms with Crippen LogP contribution in [0.2, 0.25) is 0 Å². The summed E-state index contributed by atoms with van der Waals surface area (Å²) in [6, 6.07) is 5.94. The second kappa shape index (κ2) is 4.88. The zero-order valence-electron chi connectivity index (χ0n) is 10.4. The second-order valence-electron chi connectivity index (χ2n) is 4.83. The molecule has 0 aromatic heterocycles. The highest BCUT2D eigenvalue weighted by Gasteiger charge is 2.30. The maximum absolute atomic E-state index is 11.1. The van der Waals surface area contributed by atoms with Crippen molar-refractivity contribution in [1.29, 1.82) is 0 Å². The van der Waals surface area contributed by atoms with E-state index in [1.54, 1.807) is 0 Å². The summed E-state index contributed by atoms with van der Waals surface area (Å²) in [4.78, 5) is 13.2. The molecule has 1 saturated heterocycles. The van der Waals surface area contributed by atoms with Crippen molar-refractivity contribution < 1.29 is 9.90 Å². The van der Waals surface area contributed by atoms with E-state index >= 15 is 0 Å². The SMILES string of the molecule is Cc1cccc(CN2CCCC2C(=O)O)c1C. The van der Waals surface area contributed by atoms with Crippen LogP contribution in [0.25, 0.3) is 0 Å². The summed E-state index contributed by atoms with van der Waals surface area (Å²) < 4.78 is 0. The molecule has 1 heterocycles. The normalized spacial score (nSPS) is 20.7. The molecule has 0 bridgehead atoms. The van der Waals surface area contributed by atoms with Gasteiger partial charge in [0.2, 0.25) is 0 Å². The van der Waals surface area contributed by atoms with Crippen LogP contribution in [0.15, 0.2) is 18.2 Å². The number of hydrogen-bond acceptors (Lipinski definition) is 2. The Morgan fingerprint density at radius 2 is 2.24 bits per heavy atom. The third-order valence-electron chi connectivity index (χ3n) is 3.74. The Hall–Kier alpha value is -1.35. The molecule has 2 rings (SSSR count). The molecule has 0 radical (unpaired) electrons. The topological polar surface area (TPSA) is 40.5 Å². The van der Waals surface area contributed by atoms with Crippen molar-refractivity contribution in [2.24, 2.45) is 0 Å². The van der Waals surface area contributed by atoms with Gasteiger partial charge >= 0.3 is 5.97 Å². The average Bonchev–Trinajstić information content (AvgIpc) is 2.73. The number of carboxylic acids is 1. The summed E-state index contributed by atoms with van der Waals surface area (Å²) in [5.41, 5.74) is 3.80. The van der Waals surface area contributed by atoms with Crippen LogP contribution in [0.5, 0.6) is 0 Å². The Kier molecular flexibility index (Phi) is 3.48. The molecule has 0 aliphatic carbocycles. The fourth-order valence-electron chi connectivity index (χ4n) is 2.50. The number of carbonyl (C=O) groups is 1. The molecule has 1 atom stereocenters. The van der Waals surface area contributed by atoms with Gasteiger partial charge in [0, 0.05) is 6.54 Å². The van der Waals surface area contributed by atoms with Gasteiger partial charge in [-0.1, -0.05) is 18.2 Å². The first-order valence-electron chi connectivity index (χ1n) is 6.11. The van der Waals surface area contributed by atoms with E-state index in [0.717, 1.165) is 25.9 Å². The van der Waals surface area contributed by atoms with Crippen molar-refractivity contribution in [2.75, 3.05) is 6.54 Å². The van der Waals surface area contributed by atoms with Crippen LogP contribution >= 0.6 is 0 Å². The summed E-state index contributed by atoms with van der Waals surface area (Å²) in [5, 5.41) is 9.14. The van der Waals surface area contributed by atoms with Crippen molar-refractivity contribution in [3.63, 3.8) is 0 Å². The van der Waals surface area contributed by atoms with Gasteiger partial charge in [0.25, 0.3) is 0 Å². The Balaban J connectivity index is 2.15. The summed E-state index contributed by atoms with van der Waals surface area (Å²) in [6.07, 6.45) is 1.77. The molecule has 1 aromatic carbocycles. The molecule has 3 nitrogen and oxygen atoms in total. The minimum absolute atomic E-state index is 0.296. The lowest BCUT2D eigenvalue weighted by Crippen LogP contribution is -2.35. The first-order valence-corrected chi connectivity index (χ1v) is 6.11. The van der Waals surface area contributed by atoms with Crippen molar-refractivity contribution in [2.45, 2.75) is 39.3 Å². The van der Waals surface area contributed by atoms with Crippen molar-refractivity contribution in [3.8, 4) is 0 Å². The standard InChI is InChI=1S/C14H19NO2/c1-10-5-3-6-12(11(10)2)9-15-8-4-7-13(15)14(16)17/h3,5-6,13H,4,7-9H2,1-2H3,(H,16,17). The molecular formula is C14H19NO2. The third-order valence-corrected chi connectivity index (χ3v) is 3.74. The number of aliphatic carboxylic acids is 1. The number of nitrogens with zero attached hydrogens (tertiary/aromatic N) is 1. The van der Waals surface area contributed by atoms with Crippen molar-refractivity contribution in [3.05, 3.63) is 34.9 Å². The average molecular weight is 233 g/mol. The fourth-order valence-corrected chi connectivity index (χ4v) is 2.50. The maximum atomic E-state index is 11.1. The summed E-state index contributed by atoms with van der Waals surface area (Å²) in [6.45, 7) is 5.85. The highest BCUT2D eigenvalue weighted by atomic mass is 16.4. The fraction of sp³-hybridized carbons (Fsp3) is 0.500. The quantitative estimate of drug-likeness (QED) is 0.871. The summed E-state index contributed by atoms with van der Waals surface area (Å²) in [5.74, 6) is -0.687. The van der Waals surface area contributed by atoms with E-state index in [4.69, 9.17) is 5.11 Å². The van der Waals surface area contributed by atoms with Gasteiger partial charge in [-0.2, -0.15) is 0 Å². The largest absolute Gasteiger partial charge is 0.480 e. The number of likely N-dealkylation sites (tertiary alicyclic amines) is 1. The molecule has 1 unspecified atom stereocenters. The molecule has 1 N–H and O–H groups in total. The van der Waals surface area contributed by atoms with E-state index in [1.165, 1.54) is 16.7 Å². The zero-order valence-corrected chi connectivity index (χ0v) is 10.4. The van der Waals surface area contributed by atoms with E-state index in [0.29, 0.717) is 0 Å². The van der Waals surface area contributed by atoms with Crippen LogP contribution < -0.4 is 0 Å². The molecule has 0 saturated carbocycles. The van der Waals surface area contributed by atoms with Crippen molar-refractivity contribution >= 4 is 5.97 Å². The van der Waals surface area contributed by atoms with Gasteiger partial charge in [-0.3, -0.25) is 9.69 Å². The lowest BCUT2D eigenvalue weighted by molar-refractivity contribution is -0.142. The van der Waals surface area contributed by atoms with Gasteiger partial charge in [-0.15, -0.1) is 0 Å². The highest BCUT2D eigenvalue weighted by molar-refractivity contribution is 5.73. The molecule has 1 aliphatic heterocycles. The Labute approximate surface area is 102 Å². The van der Waals surface area contributed by atoms with Crippen molar-refractivity contribution in [1.82, 2.24) is 4.90 Å². The molecular weight excluding hydrogens is 214 g/mol. The van der Waals surface area contributed by atoms with E-state index in [9.17, 15) is 4.79 Å². The number of carboxylic acid groups (broad SMARTS) is 1. The molecule has 17 heavy (non-hydrogen) atoms. The molecule has 92 valence electrons. The van der Waals surface area contributed by atoms with Gasteiger partial charge < -0.3 is 5.11 Å². The van der Waals surface area contributed by atoms with E-state index < -0.39 is 5.97 Å². The zero-order chi connectivity index (χ0) is 12.4. The van der Waals surface area contributed by atoms with E-state index in [-0.39, 0.29) is 6.04 Å². The minimum atomic E-state index is -0.687. The number of benzene rings is 1. The Morgan fingerprint density at radius 1 is 1.47 bits per heavy atom. The van der Waals surface area contributed by atoms with Gasteiger partial charge in [-0.05, 0) is 49.9 Å². The third kappa shape index (κ3) is 2.50. The van der Waals surface area contributed by atoms with E-state index in [2.05, 4.69) is 30.9 Å². The number of hydrogen-bond donors (Lipinski definition) is 1. The van der Waals surface area contributed by atoms with Gasteiger partial charge in [0.1, 0.15) is 6.04 Å². The van der Waals surface area contributed by atoms with Crippen LogP contribution in [0, 0.1) is 13.8 Å². The Bertz CT molecular complexity index is 428. The number of rotatable bonds is 3. The van der Waals surface area contributed by atoms with Crippen LogP contribution in [0.1, 0.15) is 29.5 Å². The number of aryl methyl sites for hydroxylation is 1. The predicted octanol–water partition coefficient (Wildman–Crippen LogP) is 2.35. The molecule has 1 aromatic rings. The molecule has 0 amide bonds. The maximum Gasteiger partial charge on any atom is 0.320 e. The molecule has 3 heteroatoms. The Morgan fingerprint density at radius 3 is 2.94 bits per heavy atom. The second-order valence-corrected chi connectivity index (χ2v) is 4.83. The highest BCUT2D eigenvalue weighted by Crippen LogP contribution is 2.22. The summed E-state index contributed by atoms with van der Waals surface area (Å²) in [7, 11) is 0. The molecule has 1 aliphatic rings. The van der Waals surface area contributed by atoms with Gasteiger partial charge in [0.05, 0.1) is 0 Å². The van der Waals surface area contributed by atoms with Gasteiger partial charge in [-0.25, -0.2) is 0 Å². The smallest absolute Gasteiger partial charge is 0.320 e. The van der Waals surface area contributed by atoms with Crippen LogP contribution in [0.4, 0.5) is 0 Å². The first-order chi connectivity index (χ1) is 8.09.